The van der Waals surface area contributed by atoms with E-state index >= 15 is 0 Å². The molecule has 1 aromatic rings. The Bertz CT molecular complexity index is 592. The van der Waals surface area contributed by atoms with Gasteiger partial charge in [0.15, 0.2) is 17.1 Å². The van der Waals surface area contributed by atoms with Gasteiger partial charge in [0.2, 0.25) is 5.41 Å². The van der Waals surface area contributed by atoms with Gasteiger partial charge in [-0.2, -0.15) is 0 Å². The summed E-state index contributed by atoms with van der Waals surface area (Å²) in [6.07, 6.45) is 1.37. The van der Waals surface area contributed by atoms with Gasteiger partial charge in [-0.15, -0.1) is 0 Å². The van der Waals surface area contributed by atoms with Crippen molar-refractivity contribution in [3.63, 3.8) is 0 Å². The van der Waals surface area contributed by atoms with Crippen molar-refractivity contribution >= 4 is 11.9 Å². The topological polar surface area (TPSA) is 71.1 Å². The zero-order chi connectivity index (χ0) is 16.4. The molecule has 0 aliphatic carbocycles. The van der Waals surface area contributed by atoms with Crippen LogP contribution in [0.4, 0.5) is 0 Å². The molecule has 0 fully saturated rings. The number of rotatable bonds is 4. The van der Waals surface area contributed by atoms with Crippen molar-refractivity contribution < 1.29 is 28.5 Å². The predicted molar refractivity (Wildman–Crippen MR) is 77.6 cm³/mol. The van der Waals surface area contributed by atoms with Gasteiger partial charge in [0.05, 0.1) is 14.2 Å². The van der Waals surface area contributed by atoms with Crippen molar-refractivity contribution in [3.8, 4) is 11.5 Å². The first-order valence-electron chi connectivity index (χ1n) is 6.66. The molecule has 1 aliphatic rings. The highest BCUT2D eigenvalue weighted by atomic mass is 16.6. The second-order valence-electron chi connectivity index (χ2n) is 5.04. The summed E-state index contributed by atoms with van der Waals surface area (Å²) in [4.78, 5) is 24.6. The van der Waals surface area contributed by atoms with Gasteiger partial charge < -0.3 is 18.9 Å². The molecule has 1 aromatic carbocycles. The van der Waals surface area contributed by atoms with Gasteiger partial charge in [-0.05, 0) is 25.1 Å². The van der Waals surface area contributed by atoms with Gasteiger partial charge in [-0.1, -0.05) is 18.7 Å². The van der Waals surface area contributed by atoms with Gasteiger partial charge in [0.1, 0.15) is 6.61 Å². The van der Waals surface area contributed by atoms with Gasteiger partial charge in [0.25, 0.3) is 0 Å². The summed E-state index contributed by atoms with van der Waals surface area (Å²) in [6, 6.07) is 6.97. The van der Waals surface area contributed by atoms with Crippen LogP contribution in [0.3, 0.4) is 0 Å². The average molecular weight is 306 g/mol. The van der Waals surface area contributed by atoms with Crippen molar-refractivity contribution in [2.24, 2.45) is 5.41 Å². The molecule has 0 spiro atoms. The van der Waals surface area contributed by atoms with Crippen LogP contribution in [-0.4, -0.2) is 38.4 Å². The van der Waals surface area contributed by atoms with Crippen LogP contribution in [0.2, 0.25) is 0 Å². The molecule has 0 radical (unpaired) electrons. The molecule has 1 aliphatic heterocycles. The predicted octanol–water partition coefficient (Wildman–Crippen LogP) is 1.73. The molecular formula is C16H18O6. The third-order valence-electron chi connectivity index (χ3n) is 3.95. The SMILES string of the molecule is C=CC1(C(C)(C(=O)OC)C(=O)OC)COc2ccccc2O1. The molecule has 0 aromatic heterocycles. The molecule has 0 saturated heterocycles. The Labute approximate surface area is 128 Å². The lowest BCUT2D eigenvalue weighted by molar-refractivity contribution is -0.184. The smallest absolute Gasteiger partial charge is 0.327 e. The Hall–Kier alpha value is -2.50. The van der Waals surface area contributed by atoms with Crippen LogP contribution in [0.15, 0.2) is 36.9 Å². The van der Waals surface area contributed by atoms with Crippen LogP contribution in [0, 0.1) is 5.41 Å². The summed E-state index contributed by atoms with van der Waals surface area (Å²) in [7, 11) is 2.38. The first-order valence-corrected chi connectivity index (χ1v) is 6.66. The molecule has 0 N–H and O–H groups in total. The molecule has 0 amide bonds. The van der Waals surface area contributed by atoms with Crippen LogP contribution < -0.4 is 9.47 Å². The Morgan fingerprint density at radius 1 is 1.23 bits per heavy atom. The van der Waals surface area contributed by atoms with Gasteiger partial charge in [-0.3, -0.25) is 9.59 Å². The number of esters is 2. The summed E-state index contributed by atoms with van der Waals surface area (Å²) in [6.45, 7) is 5.03. The lowest BCUT2D eigenvalue weighted by atomic mass is 9.72. The number of methoxy groups -OCH3 is 2. The van der Waals surface area contributed by atoms with E-state index < -0.39 is 23.0 Å². The van der Waals surface area contributed by atoms with E-state index in [1.54, 1.807) is 24.3 Å². The number of carbonyl (C=O) groups is 2. The van der Waals surface area contributed by atoms with E-state index in [1.165, 1.54) is 27.2 Å². The fourth-order valence-corrected chi connectivity index (χ4v) is 2.45. The van der Waals surface area contributed by atoms with Crippen molar-refractivity contribution in [2.75, 3.05) is 20.8 Å². The third-order valence-corrected chi connectivity index (χ3v) is 3.95. The molecule has 0 saturated carbocycles. The van der Waals surface area contributed by atoms with Gasteiger partial charge in [0, 0.05) is 0 Å². The summed E-state index contributed by atoms with van der Waals surface area (Å²) in [5.74, 6) is -0.644. The summed E-state index contributed by atoms with van der Waals surface area (Å²) in [5, 5.41) is 0. The lowest BCUT2D eigenvalue weighted by Gasteiger charge is -2.44. The molecule has 1 unspecified atom stereocenters. The second kappa shape index (κ2) is 5.71. The van der Waals surface area contributed by atoms with Crippen LogP contribution in [0.1, 0.15) is 6.92 Å². The monoisotopic (exact) mass is 306 g/mol. The maximum absolute atomic E-state index is 12.3. The summed E-state index contributed by atoms with van der Waals surface area (Å²) >= 11 is 0. The van der Waals surface area contributed by atoms with E-state index in [9.17, 15) is 9.59 Å². The Kier molecular flexibility index (Phi) is 4.12. The number of hydrogen-bond acceptors (Lipinski definition) is 6. The minimum atomic E-state index is -1.76. The maximum Gasteiger partial charge on any atom is 0.327 e. The highest BCUT2D eigenvalue weighted by Crippen LogP contribution is 2.45. The van der Waals surface area contributed by atoms with E-state index in [4.69, 9.17) is 18.9 Å². The van der Waals surface area contributed by atoms with E-state index in [-0.39, 0.29) is 6.61 Å². The normalized spacial score (nSPS) is 20.0. The van der Waals surface area contributed by atoms with E-state index in [2.05, 4.69) is 6.58 Å². The van der Waals surface area contributed by atoms with Crippen molar-refractivity contribution in [1.82, 2.24) is 0 Å². The molecule has 6 nitrogen and oxygen atoms in total. The van der Waals surface area contributed by atoms with Crippen molar-refractivity contribution in [1.29, 1.82) is 0 Å². The minimum Gasteiger partial charge on any atom is -0.485 e. The zero-order valence-corrected chi connectivity index (χ0v) is 12.8. The molecule has 6 heteroatoms. The van der Waals surface area contributed by atoms with Crippen molar-refractivity contribution in [3.05, 3.63) is 36.9 Å². The molecule has 1 atom stereocenters. The largest absolute Gasteiger partial charge is 0.485 e. The minimum absolute atomic E-state index is 0.0752. The highest BCUT2D eigenvalue weighted by Gasteiger charge is 2.63. The van der Waals surface area contributed by atoms with E-state index in [0.717, 1.165) is 0 Å². The number of fused-ring (bicyclic) bond motifs is 1. The Morgan fingerprint density at radius 3 is 2.27 bits per heavy atom. The number of benzene rings is 1. The number of hydrogen-bond donors (Lipinski definition) is 0. The second-order valence-corrected chi connectivity index (χ2v) is 5.04. The number of para-hydroxylation sites is 2. The van der Waals surface area contributed by atoms with Crippen LogP contribution >= 0.6 is 0 Å². The average Bonchev–Trinajstić information content (AvgIpc) is 2.58. The fourth-order valence-electron chi connectivity index (χ4n) is 2.45. The maximum atomic E-state index is 12.3. The first kappa shape index (κ1) is 15.9. The molecular weight excluding hydrogens is 288 g/mol. The van der Waals surface area contributed by atoms with Crippen LogP contribution in [-0.2, 0) is 19.1 Å². The number of ether oxygens (including phenoxy) is 4. The quantitative estimate of drug-likeness (QED) is 0.479. The standard InChI is InChI=1S/C16H18O6/c1-5-16(15(2,13(17)19-3)14(18)20-4)10-21-11-8-6-7-9-12(11)22-16/h5-9H,1,10H2,2-4H3. The van der Waals surface area contributed by atoms with Gasteiger partial charge >= 0.3 is 11.9 Å². The number of carbonyl (C=O) groups excluding carboxylic acids is 2. The molecule has 22 heavy (non-hydrogen) atoms. The summed E-state index contributed by atoms with van der Waals surface area (Å²) in [5.41, 5.74) is -3.20. The first-order chi connectivity index (χ1) is 10.4. The van der Waals surface area contributed by atoms with Gasteiger partial charge in [-0.25, -0.2) is 0 Å². The highest BCUT2D eigenvalue weighted by molar-refractivity contribution is 6.01. The van der Waals surface area contributed by atoms with Crippen LogP contribution in [0.5, 0.6) is 11.5 Å². The Morgan fingerprint density at radius 2 is 1.77 bits per heavy atom. The summed E-state index contributed by atoms with van der Waals surface area (Å²) < 4.78 is 21.2. The molecule has 1 heterocycles. The van der Waals surface area contributed by atoms with E-state index in [0.29, 0.717) is 11.5 Å². The van der Waals surface area contributed by atoms with E-state index in [1.807, 2.05) is 0 Å². The molecule has 118 valence electrons. The fraction of sp³-hybridized carbons (Fsp3) is 0.375. The third kappa shape index (κ3) is 2.11. The lowest BCUT2D eigenvalue weighted by Crippen LogP contribution is -2.63. The molecule has 0 bridgehead atoms. The van der Waals surface area contributed by atoms with Crippen molar-refractivity contribution in [2.45, 2.75) is 12.5 Å². The zero-order valence-electron chi connectivity index (χ0n) is 12.8. The Balaban J connectivity index is 2.55. The van der Waals surface area contributed by atoms with Crippen LogP contribution in [0.25, 0.3) is 0 Å². The molecule has 2 rings (SSSR count).